The molecule has 0 bridgehead atoms. The standard InChI is InChI=1S/C23H33NO2/c1-3-5-6-7-15-23(18-24)16-13-21(14-17-23)26-22(25)20-11-9-19(8-4-2)10-12-20/h9-12,21H,3-8,13-17H2,1-2H3. The summed E-state index contributed by atoms with van der Waals surface area (Å²) in [5, 5.41) is 9.66. The molecule has 1 aromatic carbocycles. The van der Waals surface area contributed by atoms with Crippen molar-refractivity contribution in [2.45, 2.75) is 90.6 Å². The number of esters is 1. The first-order valence-electron chi connectivity index (χ1n) is 10.3. The first-order chi connectivity index (χ1) is 12.6. The molecule has 2 rings (SSSR count). The molecule has 1 fully saturated rings. The van der Waals surface area contributed by atoms with E-state index < -0.39 is 0 Å². The number of ether oxygens (including phenoxy) is 1. The molecule has 3 nitrogen and oxygen atoms in total. The molecule has 3 heteroatoms. The van der Waals surface area contributed by atoms with E-state index in [2.05, 4.69) is 19.9 Å². The highest BCUT2D eigenvalue weighted by Gasteiger charge is 2.36. The van der Waals surface area contributed by atoms with Gasteiger partial charge in [-0.05, 0) is 56.2 Å². The van der Waals surface area contributed by atoms with E-state index in [9.17, 15) is 10.1 Å². The van der Waals surface area contributed by atoms with Crippen molar-refractivity contribution in [2.24, 2.45) is 5.41 Å². The van der Waals surface area contributed by atoms with Crippen LogP contribution in [-0.2, 0) is 11.2 Å². The minimum atomic E-state index is -0.231. The van der Waals surface area contributed by atoms with Crippen LogP contribution in [0.4, 0.5) is 0 Å². The molecule has 0 unspecified atom stereocenters. The van der Waals surface area contributed by atoms with E-state index in [1.54, 1.807) is 0 Å². The van der Waals surface area contributed by atoms with E-state index in [1.165, 1.54) is 24.8 Å². The maximum atomic E-state index is 12.4. The molecule has 0 radical (unpaired) electrons. The average molecular weight is 356 g/mol. The number of hydrogen-bond acceptors (Lipinski definition) is 3. The van der Waals surface area contributed by atoms with Crippen molar-refractivity contribution in [3.8, 4) is 6.07 Å². The van der Waals surface area contributed by atoms with Gasteiger partial charge in [-0.15, -0.1) is 0 Å². The Balaban J connectivity index is 1.81. The molecule has 0 atom stereocenters. The number of aryl methyl sites for hydroxylation is 1. The molecule has 0 aliphatic heterocycles. The Morgan fingerprint density at radius 3 is 2.38 bits per heavy atom. The summed E-state index contributed by atoms with van der Waals surface area (Å²) in [6, 6.07) is 10.3. The zero-order chi connectivity index (χ0) is 18.8. The molecule has 0 spiro atoms. The second-order valence-electron chi connectivity index (χ2n) is 7.75. The predicted octanol–water partition coefficient (Wildman–Crippen LogP) is 6.22. The number of carbonyl (C=O) groups excluding carboxylic acids is 1. The smallest absolute Gasteiger partial charge is 0.338 e. The van der Waals surface area contributed by atoms with Gasteiger partial charge in [0.2, 0.25) is 0 Å². The van der Waals surface area contributed by atoms with Crippen molar-refractivity contribution >= 4 is 5.97 Å². The van der Waals surface area contributed by atoms with Crippen LogP contribution in [-0.4, -0.2) is 12.1 Å². The van der Waals surface area contributed by atoms with Crippen molar-refractivity contribution in [1.82, 2.24) is 0 Å². The Bertz CT molecular complexity index is 592. The molecule has 1 aromatic rings. The highest BCUT2D eigenvalue weighted by atomic mass is 16.5. The van der Waals surface area contributed by atoms with E-state index >= 15 is 0 Å². The zero-order valence-electron chi connectivity index (χ0n) is 16.4. The third-order valence-corrected chi connectivity index (χ3v) is 5.64. The SMILES string of the molecule is CCCCCCC1(C#N)CCC(OC(=O)c2ccc(CCC)cc2)CC1. The maximum absolute atomic E-state index is 12.4. The van der Waals surface area contributed by atoms with Crippen LogP contribution in [0.5, 0.6) is 0 Å². The highest BCUT2D eigenvalue weighted by molar-refractivity contribution is 5.89. The van der Waals surface area contributed by atoms with Crippen LogP contribution in [0.1, 0.15) is 94.0 Å². The quantitative estimate of drug-likeness (QED) is 0.390. The normalized spacial score (nSPS) is 22.6. The van der Waals surface area contributed by atoms with Crippen LogP contribution in [0.25, 0.3) is 0 Å². The van der Waals surface area contributed by atoms with Gasteiger partial charge in [0.05, 0.1) is 17.0 Å². The van der Waals surface area contributed by atoms with Crippen LogP contribution in [0, 0.1) is 16.7 Å². The predicted molar refractivity (Wildman–Crippen MR) is 105 cm³/mol. The van der Waals surface area contributed by atoms with E-state index in [-0.39, 0.29) is 17.5 Å². The number of carbonyl (C=O) groups is 1. The topological polar surface area (TPSA) is 50.1 Å². The van der Waals surface area contributed by atoms with E-state index in [0.717, 1.165) is 51.4 Å². The minimum absolute atomic E-state index is 0.0464. The van der Waals surface area contributed by atoms with E-state index in [1.807, 2.05) is 24.3 Å². The van der Waals surface area contributed by atoms with Crippen molar-refractivity contribution in [3.05, 3.63) is 35.4 Å². The fourth-order valence-electron chi connectivity index (χ4n) is 3.89. The van der Waals surface area contributed by atoms with Gasteiger partial charge in [-0.25, -0.2) is 4.79 Å². The summed E-state index contributed by atoms with van der Waals surface area (Å²) in [6.45, 7) is 4.35. The summed E-state index contributed by atoms with van der Waals surface area (Å²) >= 11 is 0. The summed E-state index contributed by atoms with van der Waals surface area (Å²) in [7, 11) is 0. The molecule has 0 N–H and O–H groups in total. The minimum Gasteiger partial charge on any atom is -0.459 e. The number of nitrogens with zero attached hydrogens (tertiary/aromatic N) is 1. The van der Waals surface area contributed by atoms with Crippen LogP contribution in [0.3, 0.4) is 0 Å². The Hall–Kier alpha value is -1.82. The molecule has 1 aliphatic rings. The number of benzene rings is 1. The lowest BCUT2D eigenvalue weighted by atomic mass is 9.71. The molecule has 0 heterocycles. The molecular formula is C23H33NO2. The lowest BCUT2D eigenvalue weighted by Crippen LogP contribution is -2.31. The summed E-state index contributed by atoms with van der Waals surface area (Å²) in [6.07, 6.45) is 11.2. The fourth-order valence-corrected chi connectivity index (χ4v) is 3.89. The van der Waals surface area contributed by atoms with Crippen molar-refractivity contribution in [3.63, 3.8) is 0 Å². The third kappa shape index (κ3) is 5.87. The van der Waals surface area contributed by atoms with Gasteiger partial charge in [0.15, 0.2) is 0 Å². The number of unbranched alkanes of at least 4 members (excludes halogenated alkanes) is 3. The van der Waals surface area contributed by atoms with Crippen LogP contribution in [0.2, 0.25) is 0 Å². The monoisotopic (exact) mass is 355 g/mol. The molecule has 1 saturated carbocycles. The van der Waals surface area contributed by atoms with Crippen molar-refractivity contribution < 1.29 is 9.53 Å². The van der Waals surface area contributed by atoms with Gasteiger partial charge in [-0.1, -0.05) is 58.1 Å². The van der Waals surface area contributed by atoms with Gasteiger partial charge >= 0.3 is 5.97 Å². The number of nitriles is 1. The number of rotatable bonds is 9. The molecule has 0 amide bonds. The second kappa shape index (κ2) is 10.4. The number of hydrogen-bond donors (Lipinski definition) is 0. The Labute approximate surface area is 158 Å². The van der Waals surface area contributed by atoms with Gasteiger partial charge < -0.3 is 4.74 Å². The van der Waals surface area contributed by atoms with E-state index in [4.69, 9.17) is 4.74 Å². The van der Waals surface area contributed by atoms with Gasteiger partial charge in [0.1, 0.15) is 6.10 Å². The van der Waals surface area contributed by atoms with E-state index in [0.29, 0.717) is 5.56 Å². The molecular weight excluding hydrogens is 322 g/mol. The Morgan fingerprint density at radius 1 is 1.12 bits per heavy atom. The van der Waals surface area contributed by atoms with Crippen LogP contribution in [0.15, 0.2) is 24.3 Å². The second-order valence-corrected chi connectivity index (χ2v) is 7.75. The third-order valence-electron chi connectivity index (χ3n) is 5.64. The zero-order valence-corrected chi connectivity index (χ0v) is 16.4. The summed E-state index contributed by atoms with van der Waals surface area (Å²) in [4.78, 5) is 12.4. The lowest BCUT2D eigenvalue weighted by molar-refractivity contribution is 0.0105. The molecule has 26 heavy (non-hydrogen) atoms. The summed E-state index contributed by atoms with van der Waals surface area (Å²) < 4.78 is 5.71. The first kappa shape index (κ1) is 20.5. The summed E-state index contributed by atoms with van der Waals surface area (Å²) in [5.74, 6) is -0.231. The van der Waals surface area contributed by atoms with Gasteiger partial charge in [-0.3, -0.25) is 0 Å². The van der Waals surface area contributed by atoms with Gasteiger partial charge in [0, 0.05) is 0 Å². The van der Waals surface area contributed by atoms with Crippen molar-refractivity contribution in [1.29, 1.82) is 5.26 Å². The van der Waals surface area contributed by atoms with Crippen molar-refractivity contribution in [2.75, 3.05) is 0 Å². The van der Waals surface area contributed by atoms with Crippen LogP contribution < -0.4 is 0 Å². The Kier molecular flexibility index (Phi) is 8.16. The fraction of sp³-hybridized carbons (Fsp3) is 0.652. The Morgan fingerprint density at radius 2 is 1.81 bits per heavy atom. The maximum Gasteiger partial charge on any atom is 0.338 e. The largest absolute Gasteiger partial charge is 0.459 e. The van der Waals surface area contributed by atoms with Crippen LogP contribution >= 0.6 is 0 Å². The molecule has 0 saturated heterocycles. The highest BCUT2D eigenvalue weighted by Crippen LogP contribution is 2.41. The van der Waals surface area contributed by atoms with Gasteiger partial charge in [-0.2, -0.15) is 5.26 Å². The van der Waals surface area contributed by atoms with Gasteiger partial charge in [0.25, 0.3) is 0 Å². The molecule has 142 valence electrons. The molecule has 1 aliphatic carbocycles. The average Bonchev–Trinajstić information content (AvgIpc) is 2.67. The lowest BCUT2D eigenvalue weighted by Gasteiger charge is -2.34. The summed E-state index contributed by atoms with van der Waals surface area (Å²) in [5.41, 5.74) is 1.68. The first-order valence-corrected chi connectivity index (χ1v) is 10.3. The molecule has 0 aromatic heterocycles.